The number of aromatic nitrogens is 5. The first kappa shape index (κ1) is 21.8. The number of amides is 2. The van der Waals surface area contributed by atoms with Crippen LogP contribution in [0.5, 0.6) is 5.88 Å². The van der Waals surface area contributed by atoms with Crippen LogP contribution < -0.4 is 15.4 Å². The second-order valence-corrected chi connectivity index (χ2v) is 8.67. The van der Waals surface area contributed by atoms with Gasteiger partial charge < -0.3 is 15.4 Å². The molecule has 3 aromatic heterocycles. The molecule has 5 rings (SSSR count). The number of anilines is 1. The van der Waals surface area contributed by atoms with Crippen LogP contribution in [-0.4, -0.2) is 42.4 Å². The molecular formula is C23H24FN7O3. The molecule has 0 radical (unpaired) electrons. The number of nitrogens with one attached hydrogen (secondary N) is 2. The maximum Gasteiger partial charge on any atom is 0.273 e. The number of aryl methyl sites for hydroxylation is 2. The Morgan fingerprint density at radius 1 is 1.24 bits per heavy atom. The van der Waals surface area contributed by atoms with Crippen molar-refractivity contribution in [1.29, 1.82) is 0 Å². The van der Waals surface area contributed by atoms with Crippen LogP contribution in [0, 0.1) is 18.8 Å². The van der Waals surface area contributed by atoms with Gasteiger partial charge >= 0.3 is 0 Å². The third kappa shape index (κ3) is 4.41. The molecule has 0 bridgehead atoms. The minimum Gasteiger partial charge on any atom is -0.438 e. The van der Waals surface area contributed by atoms with Crippen molar-refractivity contribution in [3.63, 3.8) is 0 Å². The Hall–Kier alpha value is -4.02. The van der Waals surface area contributed by atoms with Crippen molar-refractivity contribution in [3.05, 3.63) is 59.4 Å². The van der Waals surface area contributed by atoms with Gasteiger partial charge in [-0.25, -0.2) is 13.9 Å². The lowest BCUT2D eigenvalue weighted by molar-refractivity contribution is -0.117. The topological polar surface area (TPSA) is 115 Å². The van der Waals surface area contributed by atoms with Crippen molar-refractivity contribution in [1.82, 2.24) is 29.7 Å². The molecule has 2 aliphatic carbocycles. The highest BCUT2D eigenvalue weighted by atomic mass is 19.1. The Labute approximate surface area is 194 Å². The fourth-order valence-corrected chi connectivity index (χ4v) is 3.86. The monoisotopic (exact) mass is 465 g/mol. The zero-order valence-electron chi connectivity index (χ0n) is 18.9. The molecule has 2 aliphatic rings. The smallest absolute Gasteiger partial charge is 0.273 e. The zero-order valence-corrected chi connectivity index (χ0v) is 18.9. The highest BCUT2D eigenvalue weighted by molar-refractivity contribution is 5.94. The van der Waals surface area contributed by atoms with Crippen molar-refractivity contribution >= 4 is 23.3 Å². The molecule has 3 unspecified atom stereocenters. The predicted molar refractivity (Wildman–Crippen MR) is 121 cm³/mol. The van der Waals surface area contributed by atoms with Crippen molar-refractivity contribution < 1.29 is 18.7 Å². The minimum absolute atomic E-state index is 0.0395. The van der Waals surface area contributed by atoms with Gasteiger partial charge in [-0.3, -0.25) is 14.3 Å². The van der Waals surface area contributed by atoms with Crippen LogP contribution in [0.25, 0.3) is 5.65 Å². The number of rotatable bonds is 6. The van der Waals surface area contributed by atoms with Crippen molar-refractivity contribution in [2.24, 2.45) is 18.9 Å². The van der Waals surface area contributed by atoms with Gasteiger partial charge in [0.1, 0.15) is 17.6 Å². The van der Waals surface area contributed by atoms with E-state index in [0.29, 0.717) is 34.5 Å². The molecule has 0 aliphatic heterocycles. The first-order valence-electron chi connectivity index (χ1n) is 11.0. The SMILES string of the molecule is Cc1cc(C(=O)NC2=CC(Oc3ccc4nc(NC(=O)C5CC5C)cn4n3)=CCC2F)n(C)n1. The van der Waals surface area contributed by atoms with Crippen molar-refractivity contribution in [2.75, 3.05) is 5.32 Å². The molecule has 2 amide bonds. The number of carbonyl (C=O) groups is 2. The van der Waals surface area contributed by atoms with E-state index >= 15 is 0 Å². The molecule has 3 heterocycles. The van der Waals surface area contributed by atoms with E-state index in [1.165, 1.54) is 15.3 Å². The number of nitrogens with zero attached hydrogens (tertiary/aromatic N) is 5. The Kier molecular flexibility index (Phi) is 5.39. The van der Waals surface area contributed by atoms with Crippen molar-refractivity contribution in [3.8, 4) is 5.88 Å². The van der Waals surface area contributed by atoms with E-state index in [1.54, 1.807) is 44.4 Å². The van der Waals surface area contributed by atoms with Crippen LogP contribution >= 0.6 is 0 Å². The third-order valence-electron chi connectivity index (χ3n) is 5.87. The number of hydrogen-bond donors (Lipinski definition) is 2. The standard InChI is InChI=1S/C23H24FN7O3/c1-12-8-15(12)22(32)27-19-11-31-20(26-19)6-7-21(29-31)34-14-4-5-16(24)17(10-14)25-23(33)18-9-13(2)28-30(18)3/h4,6-7,9-12,15-16H,5,8H2,1-3H3,(H,25,33)(H,27,32). The summed E-state index contributed by atoms with van der Waals surface area (Å²) in [7, 11) is 1.65. The molecule has 1 saturated carbocycles. The molecule has 176 valence electrons. The highest BCUT2D eigenvalue weighted by Crippen LogP contribution is 2.38. The summed E-state index contributed by atoms with van der Waals surface area (Å²) in [6.07, 6.45) is 4.22. The number of alkyl halides is 1. The Morgan fingerprint density at radius 2 is 2.03 bits per heavy atom. The van der Waals surface area contributed by atoms with E-state index in [0.717, 1.165) is 6.42 Å². The van der Waals surface area contributed by atoms with Crippen LogP contribution in [0.1, 0.15) is 35.9 Å². The van der Waals surface area contributed by atoms with E-state index in [9.17, 15) is 14.0 Å². The first-order valence-corrected chi connectivity index (χ1v) is 11.0. The van der Waals surface area contributed by atoms with Gasteiger partial charge in [0.2, 0.25) is 11.8 Å². The van der Waals surface area contributed by atoms with E-state index in [4.69, 9.17) is 4.74 Å². The van der Waals surface area contributed by atoms with Gasteiger partial charge in [-0.05, 0) is 37.5 Å². The second-order valence-electron chi connectivity index (χ2n) is 8.67. The summed E-state index contributed by atoms with van der Waals surface area (Å²) >= 11 is 0. The molecule has 0 aromatic carbocycles. The Morgan fingerprint density at radius 3 is 2.74 bits per heavy atom. The van der Waals surface area contributed by atoms with Gasteiger partial charge in [-0.2, -0.15) is 5.10 Å². The average molecular weight is 465 g/mol. The second kappa shape index (κ2) is 8.40. The van der Waals surface area contributed by atoms with Crippen LogP contribution in [-0.2, 0) is 11.8 Å². The van der Waals surface area contributed by atoms with Gasteiger partial charge in [0.25, 0.3) is 5.91 Å². The van der Waals surface area contributed by atoms with Gasteiger partial charge in [0.15, 0.2) is 11.5 Å². The fourth-order valence-electron chi connectivity index (χ4n) is 3.86. The van der Waals surface area contributed by atoms with Gasteiger partial charge in [-0.1, -0.05) is 6.92 Å². The summed E-state index contributed by atoms with van der Waals surface area (Å²) in [4.78, 5) is 29.1. The van der Waals surface area contributed by atoms with Gasteiger partial charge in [-0.15, -0.1) is 5.10 Å². The third-order valence-corrected chi connectivity index (χ3v) is 5.87. The molecule has 3 aromatic rings. The Bertz CT molecular complexity index is 1360. The predicted octanol–water partition coefficient (Wildman–Crippen LogP) is 2.68. The van der Waals surface area contributed by atoms with E-state index in [2.05, 4.69) is 25.8 Å². The quantitative estimate of drug-likeness (QED) is 0.578. The molecule has 3 atom stereocenters. The molecule has 0 spiro atoms. The van der Waals surface area contributed by atoms with Gasteiger partial charge in [0.05, 0.1) is 17.6 Å². The van der Waals surface area contributed by atoms with Crippen LogP contribution in [0.2, 0.25) is 0 Å². The summed E-state index contributed by atoms with van der Waals surface area (Å²) < 4.78 is 23.2. The molecular weight excluding hydrogens is 441 g/mol. The lowest BCUT2D eigenvalue weighted by atomic mass is 10.1. The van der Waals surface area contributed by atoms with E-state index in [-0.39, 0.29) is 29.8 Å². The number of halogens is 1. The van der Waals surface area contributed by atoms with Crippen LogP contribution in [0.3, 0.4) is 0 Å². The fraction of sp³-hybridized carbons (Fsp3) is 0.348. The minimum atomic E-state index is -1.37. The number of fused-ring (bicyclic) bond motifs is 1. The average Bonchev–Trinajstić information content (AvgIpc) is 3.23. The first-order chi connectivity index (χ1) is 16.3. The summed E-state index contributed by atoms with van der Waals surface area (Å²) in [5.41, 5.74) is 1.66. The normalized spacial score (nSPS) is 21.6. The molecule has 2 N–H and O–H groups in total. The van der Waals surface area contributed by atoms with Crippen LogP contribution in [0.4, 0.5) is 10.2 Å². The lowest BCUT2D eigenvalue weighted by Crippen LogP contribution is -2.31. The number of hydrogen-bond acceptors (Lipinski definition) is 6. The summed E-state index contributed by atoms with van der Waals surface area (Å²) in [5.74, 6) is 0.977. The number of allylic oxidation sites excluding steroid dienone is 3. The van der Waals surface area contributed by atoms with Crippen LogP contribution in [0.15, 0.2) is 48.0 Å². The number of carbonyl (C=O) groups excluding carboxylic acids is 2. The number of ether oxygens (including phenoxy) is 1. The molecule has 11 heteroatoms. The maximum absolute atomic E-state index is 14.5. The molecule has 1 fully saturated rings. The van der Waals surface area contributed by atoms with Crippen molar-refractivity contribution in [2.45, 2.75) is 32.9 Å². The largest absolute Gasteiger partial charge is 0.438 e. The number of imidazole rings is 1. The van der Waals surface area contributed by atoms with E-state index < -0.39 is 12.1 Å². The summed E-state index contributed by atoms with van der Waals surface area (Å²) in [5, 5.41) is 13.9. The summed E-state index contributed by atoms with van der Waals surface area (Å²) in [6, 6.07) is 4.96. The Balaban J connectivity index is 1.28. The molecule has 0 saturated heterocycles. The lowest BCUT2D eigenvalue weighted by Gasteiger charge is -2.18. The summed E-state index contributed by atoms with van der Waals surface area (Å²) in [6.45, 7) is 3.81. The highest BCUT2D eigenvalue weighted by Gasteiger charge is 2.39. The van der Waals surface area contributed by atoms with E-state index in [1.807, 2.05) is 6.92 Å². The molecule has 34 heavy (non-hydrogen) atoms. The van der Waals surface area contributed by atoms with Gasteiger partial charge in [0, 0.05) is 31.5 Å². The molecule has 10 nitrogen and oxygen atoms in total. The maximum atomic E-state index is 14.5. The zero-order chi connectivity index (χ0) is 24.0.